The van der Waals surface area contributed by atoms with E-state index < -0.39 is 0 Å². The molecule has 0 atom stereocenters. The van der Waals surface area contributed by atoms with E-state index >= 15 is 0 Å². The Kier molecular flexibility index (Phi) is 8.84. The molecule has 0 spiro atoms. The monoisotopic (exact) mass is 580 g/mol. The fourth-order valence-corrected chi connectivity index (χ4v) is 6.96. The van der Waals surface area contributed by atoms with E-state index in [9.17, 15) is 14.4 Å². The second-order valence-corrected chi connectivity index (χ2v) is 12.5. The fourth-order valence-electron chi connectivity index (χ4n) is 4.36. The predicted molar refractivity (Wildman–Crippen MR) is 157 cm³/mol. The van der Waals surface area contributed by atoms with E-state index in [-0.39, 0.29) is 29.5 Å². The Balaban J connectivity index is 1.21. The Bertz CT molecular complexity index is 1490. The third kappa shape index (κ3) is 7.00. The molecule has 5 rings (SSSR count). The molecule has 202 valence electrons. The molecule has 0 aliphatic heterocycles. The van der Waals surface area contributed by atoms with Gasteiger partial charge in [-0.3, -0.25) is 19.7 Å². The average molecular weight is 581 g/mol. The van der Waals surface area contributed by atoms with Crippen molar-refractivity contribution in [2.24, 2.45) is 0 Å². The quantitative estimate of drug-likeness (QED) is 0.215. The number of nitrogens with zero attached hydrogens (tertiary/aromatic N) is 3. The third-order valence-electron chi connectivity index (χ3n) is 6.33. The van der Waals surface area contributed by atoms with E-state index in [0.717, 1.165) is 51.7 Å². The molecule has 3 amide bonds. The van der Waals surface area contributed by atoms with Crippen molar-refractivity contribution in [2.75, 3.05) is 16.4 Å². The Labute approximate surface area is 238 Å². The van der Waals surface area contributed by atoms with Gasteiger partial charge in [0.25, 0.3) is 11.8 Å². The van der Waals surface area contributed by atoms with E-state index in [2.05, 4.69) is 31.1 Å². The van der Waals surface area contributed by atoms with Crippen LogP contribution in [0.4, 0.5) is 10.8 Å². The molecule has 3 N–H and O–H groups in total. The van der Waals surface area contributed by atoms with Gasteiger partial charge in [-0.25, -0.2) is 4.98 Å². The molecule has 0 saturated heterocycles. The zero-order valence-electron chi connectivity index (χ0n) is 21.4. The third-order valence-corrected chi connectivity index (χ3v) is 9.47. The van der Waals surface area contributed by atoms with Gasteiger partial charge in [-0.2, -0.15) is 0 Å². The molecule has 12 heteroatoms. The molecule has 1 fully saturated rings. The van der Waals surface area contributed by atoms with Gasteiger partial charge < -0.3 is 10.6 Å². The van der Waals surface area contributed by atoms with Gasteiger partial charge in [0.1, 0.15) is 5.01 Å². The standard InChI is InChI=1S/C27H28N6O3S3/c1-2-23-32-33-26(39-23)31-22(34)15-37-27-30-20-13-12-17(14-21(20)38-27)29-25(36)19-11-7-6-10-18(19)24(35)28-16-8-4-3-5-9-16/h6-7,10-14,16H,2-5,8-9,15H2,1H3,(H,28,35)(H,29,36)(H,31,33,34). The van der Waals surface area contributed by atoms with Crippen LogP contribution in [0.15, 0.2) is 46.8 Å². The topological polar surface area (TPSA) is 126 Å². The van der Waals surface area contributed by atoms with Crippen molar-refractivity contribution in [3.05, 3.63) is 58.6 Å². The van der Waals surface area contributed by atoms with Crippen molar-refractivity contribution in [1.82, 2.24) is 20.5 Å². The van der Waals surface area contributed by atoms with E-state index in [1.54, 1.807) is 30.3 Å². The Morgan fingerprint density at radius 2 is 1.72 bits per heavy atom. The first-order chi connectivity index (χ1) is 19.0. The van der Waals surface area contributed by atoms with Gasteiger partial charge in [0.2, 0.25) is 11.0 Å². The number of anilines is 2. The van der Waals surface area contributed by atoms with Crippen LogP contribution in [0.25, 0.3) is 10.2 Å². The van der Waals surface area contributed by atoms with Crippen molar-refractivity contribution < 1.29 is 14.4 Å². The Morgan fingerprint density at radius 3 is 2.46 bits per heavy atom. The van der Waals surface area contributed by atoms with Gasteiger partial charge >= 0.3 is 0 Å². The van der Waals surface area contributed by atoms with E-state index in [4.69, 9.17) is 0 Å². The number of fused-ring (bicyclic) bond motifs is 1. The molecule has 2 aromatic carbocycles. The number of aromatic nitrogens is 3. The molecule has 9 nitrogen and oxygen atoms in total. The molecule has 0 unspecified atom stereocenters. The summed E-state index contributed by atoms with van der Waals surface area (Å²) in [4.78, 5) is 43.0. The summed E-state index contributed by atoms with van der Waals surface area (Å²) in [6.07, 6.45) is 6.16. The Morgan fingerprint density at radius 1 is 0.949 bits per heavy atom. The van der Waals surface area contributed by atoms with Gasteiger partial charge in [-0.05, 0) is 49.6 Å². The highest BCUT2D eigenvalue weighted by atomic mass is 32.2. The van der Waals surface area contributed by atoms with Gasteiger partial charge in [-0.1, -0.05) is 61.4 Å². The van der Waals surface area contributed by atoms with Crippen molar-refractivity contribution >= 4 is 73.2 Å². The lowest BCUT2D eigenvalue weighted by atomic mass is 9.95. The molecule has 2 heterocycles. The van der Waals surface area contributed by atoms with Crippen LogP contribution in [0.5, 0.6) is 0 Å². The molecule has 39 heavy (non-hydrogen) atoms. The van der Waals surface area contributed by atoms with Gasteiger partial charge in [0.05, 0.1) is 27.1 Å². The zero-order chi connectivity index (χ0) is 27.2. The number of hydrogen-bond donors (Lipinski definition) is 3. The van der Waals surface area contributed by atoms with Crippen LogP contribution < -0.4 is 16.0 Å². The number of thioether (sulfide) groups is 1. The van der Waals surface area contributed by atoms with Crippen LogP contribution in [-0.2, 0) is 11.2 Å². The van der Waals surface area contributed by atoms with E-state index in [0.29, 0.717) is 21.9 Å². The molecular weight excluding hydrogens is 553 g/mol. The number of carbonyl (C=O) groups is 3. The van der Waals surface area contributed by atoms with Crippen LogP contribution in [0, 0.1) is 0 Å². The predicted octanol–water partition coefficient (Wildman–Crippen LogP) is 5.76. The molecule has 1 aliphatic rings. The number of amides is 3. The first-order valence-electron chi connectivity index (χ1n) is 12.9. The van der Waals surface area contributed by atoms with Crippen molar-refractivity contribution in [3.8, 4) is 0 Å². The molecule has 1 saturated carbocycles. The number of hydrogen-bond acceptors (Lipinski definition) is 9. The summed E-state index contributed by atoms with van der Waals surface area (Å²) in [7, 11) is 0. The summed E-state index contributed by atoms with van der Waals surface area (Å²) in [6, 6.07) is 12.5. The summed E-state index contributed by atoms with van der Waals surface area (Å²) in [6.45, 7) is 1.99. The van der Waals surface area contributed by atoms with Crippen molar-refractivity contribution in [3.63, 3.8) is 0 Å². The molecule has 2 aromatic heterocycles. The maximum absolute atomic E-state index is 13.2. The van der Waals surface area contributed by atoms with E-state index in [1.807, 2.05) is 19.1 Å². The lowest BCUT2D eigenvalue weighted by Gasteiger charge is -2.23. The van der Waals surface area contributed by atoms with Crippen molar-refractivity contribution in [1.29, 1.82) is 0 Å². The first-order valence-corrected chi connectivity index (χ1v) is 15.5. The lowest BCUT2D eigenvalue weighted by Crippen LogP contribution is -2.37. The van der Waals surface area contributed by atoms with Gasteiger partial charge in [0, 0.05) is 11.7 Å². The van der Waals surface area contributed by atoms with Gasteiger partial charge in [0.15, 0.2) is 4.34 Å². The molecule has 0 radical (unpaired) electrons. The minimum absolute atomic E-state index is 0.160. The minimum Gasteiger partial charge on any atom is -0.349 e. The highest BCUT2D eigenvalue weighted by Crippen LogP contribution is 2.31. The summed E-state index contributed by atoms with van der Waals surface area (Å²) in [5, 5.41) is 18.1. The summed E-state index contributed by atoms with van der Waals surface area (Å²) in [5.74, 6) is -0.530. The zero-order valence-corrected chi connectivity index (χ0v) is 23.8. The SMILES string of the molecule is CCc1nnc(NC(=O)CSc2nc3ccc(NC(=O)c4ccccc4C(=O)NC4CCCCC4)cc3s2)s1. The normalized spacial score (nSPS) is 13.8. The maximum Gasteiger partial charge on any atom is 0.256 e. The maximum atomic E-state index is 13.2. The summed E-state index contributed by atoms with van der Waals surface area (Å²) < 4.78 is 1.63. The van der Waals surface area contributed by atoms with E-state index in [1.165, 1.54) is 40.9 Å². The van der Waals surface area contributed by atoms with Crippen LogP contribution in [-0.4, -0.2) is 44.7 Å². The number of aryl methyl sites for hydroxylation is 1. The number of benzene rings is 2. The average Bonchev–Trinajstić information content (AvgIpc) is 3.58. The highest BCUT2D eigenvalue weighted by Gasteiger charge is 2.21. The van der Waals surface area contributed by atoms with Crippen molar-refractivity contribution in [2.45, 2.75) is 55.8 Å². The number of nitrogens with one attached hydrogen (secondary N) is 3. The van der Waals surface area contributed by atoms with Gasteiger partial charge in [-0.15, -0.1) is 21.5 Å². The van der Waals surface area contributed by atoms with Crippen LogP contribution >= 0.6 is 34.4 Å². The second-order valence-electron chi connectivity index (χ2n) is 9.16. The molecule has 4 aromatic rings. The van der Waals surface area contributed by atoms with Crippen LogP contribution in [0.2, 0.25) is 0 Å². The Hall–Kier alpha value is -3.35. The smallest absolute Gasteiger partial charge is 0.256 e. The highest BCUT2D eigenvalue weighted by molar-refractivity contribution is 8.01. The largest absolute Gasteiger partial charge is 0.349 e. The van der Waals surface area contributed by atoms with Crippen LogP contribution in [0.3, 0.4) is 0 Å². The first kappa shape index (κ1) is 27.2. The van der Waals surface area contributed by atoms with Crippen LogP contribution in [0.1, 0.15) is 64.8 Å². The number of rotatable bonds is 9. The summed E-state index contributed by atoms with van der Waals surface area (Å²) >= 11 is 4.16. The molecule has 1 aliphatic carbocycles. The second kappa shape index (κ2) is 12.7. The number of thiazole rings is 1. The minimum atomic E-state index is -0.345. The number of carbonyl (C=O) groups excluding carboxylic acids is 3. The lowest BCUT2D eigenvalue weighted by molar-refractivity contribution is -0.113. The molecule has 0 bridgehead atoms. The summed E-state index contributed by atoms with van der Waals surface area (Å²) in [5.41, 5.74) is 2.09. The molecular formula is C27H28N6O3S3. The fraction of sp³-hybridized carbons (Fsp3) is 0.333.